The van der Waals surface area contributed by atoms with Crippen molar-refractivity contribution in [3.63, 3.8) is 0 Å². The van der Waals surface area contributed by atoms with Gasteiger partial charge in [0.15, 0.2) is 0 Å². The van der Waals surface area contributed by atoms with E-state index < -0.39 is 0 Å². The van der Waals surface area contributed by atoms with Gasteiger partial charge in [-0.1, -0.05) is 0 Å². The van der Waals surface area contributed by atoms with Crippen molar-refractivity contribution >= 4 is 22.9 Å². The number of aromatic nitrogens is 1. The predicted octanol–water partition coefficient (Wildman–Crippen LogP) is 2.89. The first-order chi connectivity index (χ1) is 7.38. The highest BCUT2D eigenvalue weighted by Crippen LogP contribution is 2.21. The van der Waals surface area contributed by atoms with E-state index in [1.165, 1.54) is 17.1 Å². The number of ether oxygens (including phenoxy) is 1. The molecule has 15 heavy (non-hydrogen) atoms. The highest BCUT2D eigenvalue weighted by atomic mass is 35.5. The molecule has 2 rings (SSSR count). The topological polar surface area (TPSA) is 22.1 Å². The summed E-state index contributed by atoms with van der Waals surface area (Å²) in [5, 5.41) is 3.42. The van der Waals surface area contributed by atoms with Crippen LogP contribution in [0.3, 0.4) is 0 Å². The Labute approximate surface area is 99.6 Å². The Bertz CT molecular complexity index is 297. The third kappa shape index (κ3) is 3.44. The van der Waals surface area contributed by atoms with E-state index in [1.807, 2.05) is 0 Å². The molecule has 4 heteroatoms. The van der Waals surface area contributed by atoms with Crippen LogP contribution in [0.15, 0.2) is 5.38 Å². The maximum Gasteiger partial charge on any atom is 0.0931 e. The minimum Gasteiger partial charge on any atom is -0.381 e. The lowest BCUT2D eigenvalue weighted by Crippen LogP contribution is -2.03. The molecule has 0 bridgehead atoms. The molecule has 0 aromatic carbocycles. The molecular formula is C11H16ClNOS. The average Bonchev–Trinajstić information content (AvgIpc) is 2.87. The SMILES string of the molecule is ClCCCc1csc(CC2CCOC2)n1. The van der Waals surface area contributed by atoms with E-state index in [0.717, 1.165) is 38.4 Å². The third-order valence-corrected chi connectivity index (χ3v) is 3.84. The summed E-state index contributed by atoms with van der Waals surface area (Å²) < 4.78 is 5.36. The third-order valence-electron chi connectivity index (χ3n) is 2.65. The predicted molar refractivity (Wildman–Crippen MR) is 63.8 cm³/mol. The van der Waals surface area contributed by atoms with Crippen LogP contribution in [0.5, 0.6) is 0 Å². The largest absolute Gasteiger partial charge is 0.381 e. The zero-order valence-electron chi connectivity index (χ0n) is 8.75. The summed E-state index contributed by atoms with van der Waals surface area (Å²) in [6.45, 7) is 1.84. The number of nitrogens with zero attached hydrogens (tertiary/aromatic N) is 1. The molecule has 84 valence electrons. The number of hydrogen-bond donors (Lipinski definition) is 0. The molecule has 1 aromatic rings. The molecule has 0 N–H and O–H groups in total. The Kier molecular flexibility index (Phi) is 4.42. The smallest absolute Gasteiger partial charge is 0.0931 e. The van der Waals surface area contributed by atoms with Crippen LogP contribution in [0.1, 0.15) is 23.5 Å². The van der Waals surface area contributed by atoms with Crippen LogP contribution in [-0.2, 0) is 17.6 Å². The molecule has 1 aliphatic heterocycles. The molecule has 1 saturated heterocycles. The molecule has 0 amide bonds. The summed E-state index contributed by atoms with van der Waals surface area (Å²) in [5.41, 5.74) is 1.20. The van der Waals surface area contributed by atoms with E-state index in [9.17, 15) is 0 Å². The molecule has 1 unspecified atom stereocenters. The van der Waals surface area contributed by atoms with Gasteiger partial charge in [0.2, 0.25) is 0 Å². The molecule has 0 spiro atoms. The van der Waals surface area contributed by atoms with Crippen molar-refractivity contribution < 1.29 is 4.74 Å². The van der Waals surface area contributed by atoms with Crippen LogP contribution in [-0.4, -0.2) is 24.1 Å². The number of hydrogen-bond acceptors (Lipinski definition) is 3. The first-order valence-corrected chi connectivity index (χ1v) is 6.87. The lowest BCUT2D eigenvalue weighted by atomic mass is 10.1. The summed E-state index contributed by atoms with van der Waals surface area (Å²) in [7, 11) is 0. The fourth-order valence-electron chi connectivity index (χ4n) is 1.80. The van der Waals surface area contributed by atoms with Gasteiger partial charge >= 0.3 is 0 Å². The number of alkyl halides is 1. The summed E-state index contributed by atoms with van der Waals surface area (Å²) in [5.74, 6) is 1.42. The normalized spacial score (nSPS) is 21.0. The summed E-state index contributed by atoms with van der Waals surface area (Å²) >= 11 is 7.43. The second kappa shape index (κ2) is 5.83. The highest BCUT2D eigenvalue weighted by Gasteiger charge is 2.17. The lowest BCUT2D eigenvalue weighted by molar-refractivity contribution is 0.186. The molecule has 1 atom stereocenters. The average molecular weight is 246 g/mol. The van der Waals surface area contributed by atoms with Gasteiger partial charge in [0.05, 0.1) is 10.7 Å². The Morgan fingerprint density at radius 2 is 2.53 bits per heavy atom. The fourth-order valence-corrected chi connectivity index (χ4v) is 2.87. The van der Waals surface area contributed by atoms with Gasteiger partial charge in [-0.15, -0.1) is 22.9 Å². The van der Waals surface area contributed by atoms with Crippen molar-refractivity contribution in [3.05, 3.63) is 16.1 Å². The van der Waals surface area contributed by atoms with Gasteiger partial charge in [-0.2, -0.15) is 0 Å². The first-order valence-electron chi connectivity index (χ1n) is 5.45. The fraction of sp³-hybridized carbons (Fsp3) is 0.727. The summed E-state index contributed by atoms with van der Waals surface area (Å²) in [6.07, 6.45) is 4.32. The van der Waals surface area contributed by atoms with Crippen LogP contribution in [0.25, 0.3) is 0 Å². The van der Waals surface area contributed by atoms with E-state index in [-0.39, 0.29) is 0 Å². The van der Waals surface area contributed by atoms with Crippen LogP contribution < -0.4 is 0 Å². The number of rotatable bonds is 5. The monoisotopic (exact) mass is 245 g/mol. The van der Waals surface area contributed by atoms with E-state index in [1.54, 1.807) is 11.3 Å². The van der Waals surface area contributed by atoms with E-state index >= 15 is 0 Å². The molecule has 1 aliphatic rings. The van der Waals surface area contributed by atoms with Gasteiger partial charge in [0.25, 0.3) is 0 Å². The molecular weight excluding hydrogens is 230 g/mol. The van der Waals surface area contributed by atoms with Crippen molar-refractivity contribution in [2.24, 2.45) is 5.92 Å². The summed E-state index contributed by atoms with van der Waals surface area (Å²) in [4.78, 5) is 4.62. The Balaban J connectivity index is 1.83. The number of aryl methyl sites for hydroxylation is 1. The standard InChI is InChI=1S/C11H16ClNOS/c12-4-1-2-10-8-15-11(13-10)6-9-3-5-14-7-9/h8-9H,1-7H2. The zero-order valence-corrected chi connectivity index (χ0v) is 10.3. The van der Waals surface area contributed by atoms with Crippen LogP contribution in [0, 0.1) is 5.92 Å². The first kappa shape index (κ1) is 11.4. The van der Waals surface area contributed by atoms with Gasteiger partial charge < -0.3 is 4.74 Å². The number of halogens is 1. The van der Waals surface area contributed by atoms with Crippen LogP contribution >= 0.6 is 22.9 Å². The van der Waals surface area contributed by atoms with Crippen molar-refractivity contribution in [2.45, 2.75) is 25.7 Å². The van der Waals surface area contributed by atoms with Crippen molar-refractivity contribution in [2.75, 3.05) is 19.1 Å². The number of thiazole rings is 1. The Hall–Kier alpha value is -0.120. The van der Waals surface area contributed by atoms with Gasteiger partial charge in [-0.25, -0.2) is 4.98 Å². The van der Waals surface area contributed by atoms with Gasteiger partial charge in [0.1, 0.15) is 0 Å². The second-order valence-corrected chi connectivity index (χ2v) is 5.28. The molecule has 2 heterocycles. The van der Waals surface area contributed by atoms with E-state index in [2.05, 4.69) is 10.4 Å². The molecule has 1 fully saturated rings. The van der Waals surface area contributed by atoms with Gasteiger partial charge in [-0.3, -0.25) is 0 Å². The van der Waals surface area contributed by atoms with E-state index in [0.29, 0.717) is 5.92 Å². The molecule has 1 aromatic heterocycles. The molecule has 0 saturated carbocycles. The van der Waals surface area contributed by atoms with Crippen LogP contribution in [0.4, 0.5) is 0 Å². The van der Waals surface area contributed by atoms with E-state index in [4.69, 9.17) is 16.3 Å². The molecule has 0 aliphatic carbocycles. The lowest BCUT2D eigenvalue weighted by Gasteiger charge is -2.02. The van der Waals surface area contributed by atoms with Gasteiger partial charge in [0, 0.05) is 30.9 Å². The summed E-state index contributed by atoms with van der Waals surface area (Å²) in [6, 6.07) is 0. The quantitative estimate of drug-likeness (QED) is 0.745. The van der Waals surface area contributed by atoms with Crippen LogP contribution in [0.2, 0.25) is 0 Å². The van der Waals surface area contributed by atoms with Crippen molar-refractivity contribution in [1.29, 1.82) is 0 Å². The maximum absolute atomic E-state index is 5.65. The van der Waals surface area contributed by atoms with Crippen molar-refractivity contribution in [3.8, 4) is 0 Å². The molecule has 2 nitrogen and oxygen atoms in total. The minimum absolute atomic E-state index is 0.692. The van der Waals surface area contributed by atoms with Gasteiger partial charge in [-0.05, 0) is 25.2 Å². The second-order valence-electron chi connectivity index (χ2n) is 3.96. The highest BCUT2D eigenvalue weighted by molar-refractivity contribution is 7.09. The Morgan fingerprint density at radius 3 is 3.27 bits per heavy atom. The Morgan fingerprint density at radius 1 is 1.60 bits per heavy atom. The van der Waals surface area contributed by atoms with Crippen molar-refractivity contribution in [1.82, 2.24) is 4.98 Å². The maximum atomic E-state index is 5.65. The molecule has 0 radical (unpaired) electrons. The minimum atomic E-state index is 0.692. The zero-order chi connectivity index (χ0) is 10.5.